The maximum Gasteiger partial charge on any atom is 0.0673 e. The van der Waals surface area contributed by atoms with E-state index in [0.29, 0.717) is 0 Å². The minimum atomic E-state index is -0.375. The number of hydrogen-bond acceptors (Lipinski definition) is 1. The second kappa shape index (κ2) is 2.01. The van der Waals surface area contributed by atoms with Gasteiger partial charge in [0.1, 0.15) is 0 Å². The molecule has 3 unspecified atom stereocenters. The molecule has 2 bridgehead atoms. The molecule has 0 aromatic carbocycles. The predicted octanol–water partition coefficient (Wildman–Crippen LogP) is 2.34. The van der Waals surface area contributed by atoms with Crippen LogP contribution in [0.25, 0.3) is 0 Å². The van der Waals surface area contributed by atoms with Crippen LogP contribution in [0.2, 0.25) is 0 Å². The summed E-state index contributed by atoms with van der Waals surface area (Å²) in [6.07, 6.45) is 6.13. The third-order valence-corrected chi connectivity index (χ3v) is 4.18. The molecule has 0 saturated heterocycles. The van der Waals surface area contributed by atoms with Gasteiger partial charge in [-0.05, 0) is 50.4 Å². The van der Waals surface area contributed by atoms with Crippen LogP contribution in [-0.2, 0) is 0 Å². The summed E-state index contributed by atoms with van der Waals surface area (Å²) in [5.74, 6) is 0.931. The highest BCUT2D eigenvalue weighted by Crippen LogP contribution is 2.55. The van der Waals surface area contributed by atoms with Gasteiger partial charge in [-0.2, -0.15) is 0 Å². The fourth-order valence-electron chi connectivity index (χ4n) is 2.89. The van der Waals surface area contributed by atoms with E-state index in [2.05, 4.69) is 6.92 Å². The zero-order valence-electron chi connectivity index (χ0n) is 7.56. The van der Waals surface area contributed by atoms with Gasteiger partial charge >= 0.3 is 0 Å². The number of aliphatic hydroxyl groups is 1. The maximum atomic E-state index is 10.1. The van der Waals surface area contributed by atoms with Gasteiger partial charge in [0.2, 0.25) is 0 Å². The van der Waals surface area contributed by atoms with Crippen LogP contribution in [0.5, 0.6) is 0 Å². The molecule has 0 amide bonds. The molecule has 2 fully saturated rings. The molecule has 2 saturated carbocycles. The lowest BCUT2D eigenvalue weighted by Crippen LogP contribution is -2.44. The summed E-state index contributed by atoms with van der Waals surface area (Å²) in [5, 5.41) is 10.1. The highest BCUT2D eigenvalue weighted by molar-refractivity contribution is 5.02. The van der Waals surface area contributed by atoms with Crippen LogP contribution in [0.4, 0.5) is 0 Å². The van der Waals surface area contributed by atoms with Crippen molar-refractivity contribution in [3.63, 3.8) is 0 Å². The fraction of sp³-hybridized carbons (Fsp3) is 1.00. The number of rotatable bonds is 0. The molecule has 11 heavy (non-hydrogen) atoms. The standard InChI is InChI=1S/C10H18O/c1-9-5-3-8(7-9)4-6-10(9,2)11/h8,11H,3-7H2,1-2H3. The summed E-state index contributed by atoms with van der Waals surface area (Å²) in [6, 6.07) is 0. The molecule has 0 radical (unpaired) electrons. The average Bonchev–Trinajstić information content (AvgIpc) is 2.25. The Kier molecular flexibility index (Phi) is 1.39. The van der Waals surface area contributed by atoms with Gasteiger partial charge in [-0.1, -0.05) is 6.92 Å². The smallest absolute Gasteiger partial charge is 0.0673 e. The van der Waals surface area contributed by atoms with E-state index in [1.807, 2.05) is 6.92 Å². The van der Waals surface area contributed by atoms with E-state index in [1.54, 1.807) is 0 Å². The normalized spacial score (nSPS) is 56.5. The highest BCUT2D eigenvalue weighted by atomic mass is 16.3. The third kappa shape index (κ3) is 0.936. The Morgan fingerprint density at radius 2 is 1.82 bits per heavy atom. The summed E-state index contributed by atoms with van der Waals surface area (Å²) in [4.78, 5) is 0. The van der Waals surface area contributed by atoms with Crippen molar-refractivity contribution in [2.45, 2.75) is 51.6 Å². The molecule has 2 aliphatic carbocycles. The highest BCUT2D eigenvalue weighted by Gasteiger charge is 2.51. The second-order valence-electron chi connectivity index (χ2n) is 4.98. The summed E-state index contributed by atoms with van der Waals surface area (Å²) < 4.78 is 0. The average molecular weight is 154 g/mol. The van der Waals surface area contributed by atoms with Crippen LogP contribution >= 0.6 is 0 Å². The first-order chi connectivity index (χ1) is 5.04. The lowest BCUT2D eigenvalue weighted by molar-refractivity contribution is -0.0828. The van der Waals surface area contributed by atoms with Crippen molar-refractivity contribution in [1.29, 1.82) is 0 Å². The fourth-order valence-corrected chi connectivity index (χ4v) is 2.89. The molecule has 1 heteroatoms. The Morgan fingerprint density at radius 1 is 1.18 bits per heavy atom. The first kappa shape index (κ1) is 7.60. The molecule has 0 aromatic rings. The first-order valence-corrected chi connectivity index (χ1v) is 4.76. The molecule has 0 spiro atoms. The zero-order valence-corrected chi connectivity index (χ0v) is 7.56. The Bertz CT molecular complexity index is 174. The predicted molar refractivity (Wildman–Crippen MR) is 45.3 cm³/mol. The molecular weight excluding hydrogens is 136 g/mol. The first-order valence-electron chi connectivity index (χ1n) is 4.76. The monoisotopic (exact) mass is 154 g/mol. The maximum absolute atomic E-state index is 10.1. The van der Waals surface area contributed by atoms with Crippen LogP contribution in [0.3, 0.4) is 0 Å². The molecule has 0 aromatic heterocycles. The zero-order chi connectivity index (χ0) is 8.11. The van der Waals surface area contributed by atoms with E-state index in [-0.39, 0.29) is 11.0 Å². The Balaban J connectivity index is 2.27. The van der Waals surface area contributed by atoms with E-state index in [9.17, 15) is 5.11 Å². The van der Waals surface area contributed by atoms with E-state index in [1.165, 1.54) is 25.7 Å². The van der Waals surface area contributed by atoms with Crippen LogP contribution in [0.1, 0.15) is 46.0 Å². The quantitative estimate of drug-likeness (QED) is 0.568. The summed E-state index contributed by atoms with van der Waals surface area (Å²) in [5.41, 5.74) is -0.129. The SMILES string of the molecule is CC1(O)CCC2CCC1(C)C2. The van der Waals surface area contributed by atoms with Crippen molar-refractivity contribution in [1.82, 2.24) is 0 Å². The second-order valence-corrected chi connectivity index (χ2v) is 4.98. The summed E-state index contributed by atoms with van der Waals surface area (Å²) in [7, 11) is 0. The van der Waals surface area contributed by atoms with Crippen LogP contribution in [-0.4, -0.2) is 10.7 Å². The van der Waals surface area contributed by atoms with Gasteiger partial charge in [-0.25, -0.2) is 0 Å². The third-order valence-electron chi connectivity index (χ3n) is 4.18. The minimum Gasteiger partial charge on any atom is -0.390 e. The van der Waals surface area contributed by atoms with Crippen LogP contribution < -0.4 is 0 Å². The van der Waals surface area contributed by atoms with Crippen molar-refractivity contribution in [3.05, 3.63) is 0 Å². The summed E-state index contributed by atoms with van der Waals surface area (Å²) in [6.45, 7) is 4.28. The minimum absolute atomic E-state index is 0.246. The van der Waals surface area contributed by atoms with Gasteiger partial charge in [0, 0.05) is 0 Å². The van der Waals surface area contributed by atoms with E-state index < -0.39 is 0 Å². The molecule has 0 aliphatic heterocycles. The molecular formula is C10H18O. The van der Waals surface area contributed by atoms with E-state index >= 15 is 0 Å². The van der Waals surface area contributed by atoms with Gasteiger partial charge < -0.3 is 5.11 Å². The van der Waals surface area contributed by atoms with Crippen molar-refractivity contribution in [2.24, 2.45) is 11.3 Å². The van der Waals surface area contributed by atoms with Gasteiger partial charge in [-0.15, -0.1) is 0 Å². The topological polar surface area (TPSA) is 20.2 Å². The molecule has 3 atom stereocenters. The lowest BCUT2D eigenvalue weighted by Gasteiger charge is -2.43. The molecule has 2 aliphatic rings. The van der Waals surface area contributed by atoms with Gasteiger partial charge in [0.25, 0.3) is 0 Å². The molecule has 64 valence electrons. The molecule has 1 N–H and O–H groups in total. The molecule has 1 nitrogen and oxygen atoms in total. The molecule has 0 heterocycles. The lowest BCUT2D eigenvalue weighted by atomic mass is 9.66. The summed E-state index contributed by atoms with van der Waals surface area (Å²) >= 11 is 0. The molecule has 2 rings (SSSR count). The van der Waals surface area contributed by atoms with Gasteiger partial charge in [-0.3, -0.25) is 0 Å². The number of fused-ring (bicyclic) bond motifs is 2. The Labute approximate surface area is 68.8 Å². The van der Waals surface area contributed by atoms with Crippen molar-refractivity contribution < 1.29 is 5.11 Å². The Hall–Kier alpha value is -0.0400. The Morgan fingerprint density at radius 3 is 2.45 bits per heavy atom. The van der Waals surface area contributed by atoms with Gasteiger partial charge in [0.15, 0.2) is 0 Å². The largest absolute Gasteiger partial charge is 0.390 e. The van der Waals surface area contributed by atoms with Crippen molar-refractivity contribution >= 4 is 0 Å². The van der Waals surface area contributed by atoms with Gasteiger partial charge in [0.05, 0.1) is 5.60 Å². The number of hydrogen-bond donors (Lipinski definition) is 1. The van der Waals surface area contributed by atoms with Crippen molar-refractivity contribution in [3.8, 4) is 0 Å². The van der Waals surface area contributed by atoms with E-state index in [4.69, 9.17) is 0 Å². The van der Waals surface area contributed by atoms with Crippen molar-refractivity contribution in [2.75, 3.05) is 0 Å². The van der Waals surface area contributed by atoms with E-state index in [0.717, 1.165) is 12.3 Å². The van der Waals surface area contributed by atoms with Crippen LogP contribution in [0.15, 0.2) is 0 Å². The van der Waals surface area contributed by atoms with Crippen LogP contribution in [0, 0.1) is 11.3 Å².